The molecular formula is C23H26Cl2N2O3. The van der Waals surface area contributed by atoms with Crippen LogP contribution in [-0.2, 0) is 11.2 Å². The predicted molar refractivity (Wildman–Crippen MR) is 119 cm³/mol. The quantitative estimate of drug-likeness (QED) is 0.732. The first kappa shape index (κ1) is 21.4. The molecular weight excluding hydrogens is 423 g/mol. The van der Waals surface area contributed by atoms with E-state index in [0.29, 0.717) is 47.7 Å². The predicted octanol–water partition coefficient (Wildman–Crippen LogP) is 4.48. The second-order valence-corrected chi connectivity index (χ2v) is 8.87. The van der Waals surface area contributed by atoms with E-state index in [1.165, 1.54) is 0 Å². The van der Waals surface area contributed by atoms with Crippen LogP contribution in [0.1, 0.15) is 34.3 Å². The van der Waals surface area contributed by atoms with Crippen molar-refractivity contribution in [3.8, 4) is 5.75 Å². The lowest BCUT2D eigenvalue weighted by molar-refractivity contribution is -0.0157. The molecule has 160 valence electrons. The number of carbonyl (C=O) groups is 1. The Balaban J connectivity index is 1.39. The Hall–Kier alpha value is -1.79. The zero-order valence-electron chi connectivity index (χ0n) is 17.0. The zero-order valence-corrected chi connectivity index (χ0v) is 18.6. The third-order valence-corrected chi connectivity index (χ3v) is 6.47. The zero-order chi connectivity index (χ0) is 21.1. The molecule has 0 atom stereocenters. The second kappa shape index (κ2) is 9.15. The van der Waals surface area contributed by atoms with Crippen LogP contribution in [0.5, 0.6) is 5.75 Å². The molecule has 7 heteroatoms. The lowest BCUT2D eigenvalue weighted by Crippen LogP contribution is -2.45. The van der Waals surface area contributed by atoms with Crippen LogP contribution in [0.15, 0.2) is 36.4 Å². The van der Waals surface area contributed by atoms with E-state index in [9.17, 15) is 4.79 Å². The molecule has 4 rings (SSSR count). The van der Waals surface area contributed by atoms with Crippen LogP contribution in [0.4, 0.5) is 0 Å². The summed E-state index contributed by atoms with van der Waals surface area (Å²) in [5.41, 5.74) is 2.39. The van der Waals surface area contributed by atoms with E-state index in [0.717, 1.165) is 37.1 Å². The van der Waals surface area contributed by atoms with Gasteiger partial charge in [0, 0.05) is 22.0 Å². The van der Waals surface area contributed by atoms with E-state index >= 15 is 0 Å². The van der Waals surface area contributed by atoms with Crippen LogP contribution in [-0.4, -0.2) is 49.4 Å². The van der Waals surface area contributed by atoms with Crippen LogP contribution in [0.25, 0.3) is 0 Å². The van der Waals surface area contributed by atoms with Crippen LogP contribution in [0.3, 0.4) is 0 Å². The Kier molecular flexibility index (Phi) is 6.54. The van der Waals surface area contributed by atoms with Gasteiger partial charge in [0.15, 0.2) is 0 Å². The summed E-state index contributed by atoms with van der Waals surface area (Å²) in [6, 6.07) is 11.1. The third-order valence-electron chi connectivity index (χ3n) is 5.89. The summed E-state index contributed by atoms with van der Waals surface area (Å²) in [5, 5.41) is 4.59. The van der Waals surface area contributed by atoms with Crippen LogP contribution in [0, 0.1) is 6.92 Å². The highest BCUT2D eigenvalue weighted by atomic mass is 35.5. The molecule has 2 fully saturated rings. The van der Waals surface area contributed by atoms with Crippen molar-refractivity contribution in [1.82, 2.24) is 10.2 Å². The SMILES string of the molecule is Cc1ccc(C(=O)N2COC3(CCNCC3)C2)cc1OCCc1ccc(Cl)cc1Cl. The van der Waals surface area contributed by atoms with Gasteiger partial charge >= 0.3 is 0 Å². The lowest BCUT2D eigenvalue weighted by atomic mass is 9.92. The van der Waals surface area contributed by atoms with E-state index in [-0.39, 0.29) is 11.5 Å². The molecule has 0 bridgehead atoms. The Labute approximate surface area is 187 Å². The van der Waals surface area contributed by atoms with Gasteiger partial charge in [-0.3, -0.25) is 4.79 Å². The number of hydrogen-bond donors (Lipinski definition) is 1. The first-order chi connectivity index (χ1) is 14.5. The summed E-state index contributed by atoms with van der Waals surface area (Å²) in [7, 11) is 0. The first-order valence-electron chi connectivity index (χ1n) is 10.3. The normalized spacial score (nSPS) is 18.0. The number of rotatable bonds is 5. The summed E-state index contributed by atoms with van der Waals surface area (Å²) in [6.07, 6.45) is 2.53. The summed E-state index contributed by atoms with van der Waals surface area (Å²) < 4.78 is 12.0. The minimum Gasteiger partial charge on any atom is -0.493 e. The Morgan fingerprint density at radius 1 is 1.20 bits per heavy atom. The maximum Gasteiger partial charge on any atom is 0.255 e. The van der Waals surface area contributed by atoms with Gasteiger partial charge in [0.2, 0.25) is 0 Å². The molecule has 2 aliphatic heterocycles. The fourth-order valence-electron chi connectivity index (χ4n) is 4.04. The van der Waals surface area contributed by atoms with E-state index < -0.39 is 0 Å². The van der Waals surface area contributed by atoms with Crippen molar-refractivity contribution >= 4 is 29.1 Å². The van der Waals surface area contributed by atoms with Gasteiger partial charge in [0.1, 0.15) is 12.5 Å². The van der Waals surface area contributed by atoms with E-state index in [1.54, 1.807) is 11.0 Å². The molecule has 2 aromatic carbocycles. The fourth-order valence-corrected chi connectivity index (χ4v) is 4.54. The van der Waals surface area contributed by atoms with Crippen molar-refractivity contribution in [2.75, 3.05) is 33.0 Å². The van der Waals surface area contributed by atoms with Crippen molar-refractivity contribution in [3.63, 3.8) is 0 Å². The standard InChI is InChI=1S/C23H26Cl2N2O3/c1-16-2-3-18(22(28)27-14-23(30-15-27)7-9-26-10-8-23)12-21(16)29-11-6-17-4-5-19(24)13-20(17)25/h2-5,12-13,26H,6-11,14-15H2,1H3. The van der Waals surface area contributed by atoms with Gasteiger partial charge in [0.05, 0.1) is 18.8 Å². The van der Waals surface area contributed by atoms with Gasteiger partial charge in [-0.25, -0.2) is 0 Å². The number of amides is 1. The highest BCUT2D eigenvalue weighted by Crippen LogP contribution is 2.31. The molecule has 2 aliphatic rings. The number of ether oxygens (including phenoxy) is 2. The van der Waals surface area contributed by atoms with Gasteiger partial charge < -0.3 is 19.7 Å². The van der Waals surface area contributed by atoms with Crippen molar-refractivity contribution in [2.45, 2.75) is 31.8 Å². The molecule has 0 saturated carbocycles. The average Bonchev–Trinajstić information content (AvgIpc) is 3.14. The maximum atomic E-state index is 13.1. The smallest absolute Gasteiger partial charge is 0.255 e. The van der Waals surface area contributed by atoms with Crippen molar-refractivity contribution in [3.05, 3.63) is 63.1 Å². The topological polar surface area (TPSA) is 50.8 Å². The average molecular weight is 449 g/mol. The molecule has 5 nitrogen and oxygen atoms in total. The van der Waals surface area contributed by atoms with Crippen LogP contribution >= 0.6 is 23.2 Å². The number of nitrogens with zero attached hydrogens (tertiary/aromatic N) is 1. The maximum absolute atomic E-state index is 13.1. The van der Waals surface area contributed by atoms with Gasteiger partial charge in [0.25, 0.3) is 5.91 Å². The third kappa shape index (κ3) is 4.75. The van der Waals surface area contributed by atoms with Crippen molar-refractivity contribution in [1.29, 1.82) is 0 Å². The Morgan fingerprint density at radius 2 is 2.00 bits per heavy atom. The highest BCUT2D eigenvalue weighted by Gasteiger charge is 2.42. The summed E-state index contributed by atoms with van der Waals surface area (Å²) in [4.78, 5) is 14.9. The molecule has 30 heavy (non-hydrogen) atoms. The molecule has 0 radical (unpaired) electrons. The molecule has 1 N–H and O–H groups in total. The minimum absolute atomic E-state index is 0.0176. The fraction of sp³-hybridized carbons (Fsp3) is 0.435. The number of halogens is 2. The Bertz CT molecular complexity index is 929. The monoisotopic (exact) mass is 448 g/mol. The Morgan fingerprint density at radius 3 is 2.77 bits per heavy atom. The van der Waals surface area contributed by atoms with Gasteiger partial charge in [-0.15, -0.1) is 0 Å². The first-order valence-corrected chi connectivity index (χ1v) is 11.0. The number of carbonyl (C=O) groups excluding carboxylic acids is 1. The van der Waals surface area contributed by atoms with Crippen LogP contribution < -0.4 is 10.1 Å². The second-order valence-electron chi connectivity index (χ2n) is 8.02. The molecule has 0 aromatic heterocycles. The van der Waals surface area contributed by atoms with Gasteiger partial charge in [-0.2, -0.15) is 0 Å². The molecule has 0 unspecified atom stereocenters. The molecule has 2 aromatic rings. The summed E-state index contributed by atoms with van der Waals surface area (Å²) >= 11 is 12.2. The largest absolute Gasteiger partial charge is 0.493 e. The molecule has 1 spiro atoms. The summed E-state index contributed by atoms with van der Waals surface area (Å²) in [5.74, 6) is 0.693. The van der Waals surface area contributed by atoms with Gasteiger partial charge in [-0.05, 0) is 68.2 Å². The van der Waals surface area contributed by atoms with Crippen LogP contribution in [0.2, 0.25) is 10.0 Å². The number of aryl methyl sites for hydroxylation is 1. The van der Waals surface area contributed by atoms with Gasteiger partial charge in [-0.1, -0.05) is 35.3 Å². The number of benzene rings is 2. The van der Waals surface area contributed by atoms with E-state index in [2.05, 4.69) is 5.32 Å². The van der Waals surface area contributed by atoms with E-state index in [4.69, 9.17) is 32.7 Å². The minimum atomic E-state index is -0.192. The molecule has 2 heterocycles. The number of hydrogen-bond acceptors (Lipinski definition) is 4. The highest BCUT2D eigenvalue weighted by molar-refractivity contribution is 6.35. The number of piperidine rings is 1. The van der Waals surface area contributed by atoms with Crippen molar-refractivity contribution in [2.24, 2.45) is 0 Å². The lowest BCUT2D eigenvalue weighted by Gasteiger charge is -2.32. The number of nitrogens with one attached hydrogen (secondary N) is 1. The molecule has 0 aliphatic carbocycles. The van der Waals surface area contributed by atoms with Crippen molar-refractivity contribution < 1.29 is 14.3 Å². The molecule has 1 amide bonds. The summed E-state index contributed by atoms with van der Waals surface area (Å²) in [6.45, 7) is 5.29. The van der Waals surface area contributed by atoms with E-state index in [1.807, 2.05) is 37.3 Å². The molecule has 2 saturated heterocycles.